The maximum atomic E-state index is 8.99. The second-order valence-electron chi connectivity index (χ2n) is 4.60. The fourth-order valence-corrected chi connectivity index (χ4v) is 2.97. The van der Waals surface area contributed by atoms with Crippen molar-refractivity contribution in [3.05, 3.63) is 24.3 Å². The lowest BCUT2D eigenvalue weighted by Gasteiger charge is -2.19. The minimum atomic E-state index is -1.41. The molecular weight excluding hydrogens is 261 g/mol. The molecule has 0 saturated carbocycles. The number of nitrogens with zero attached hydrogens (tertiary/aromatic N) is 1. The third-order valence-electron chi connectivity index (χ3n) is 3.17. The first kappa shape index (κ1) is 14.7. The first-order chi connectivity index (χ1) is 9.25. The highest BCUT2D eigenvalue weighted by Gasteiger charge is 2.11. The van der Waals surface area contributed by atoms with Crippen LogP contribution in [0.3, 0.4) is 0 Å². The minimum Gasteiger partial charge on any atom is -0.492 e. The third kappa shape index (κ3) is 5.07. The van der Waals surface area contributed by atoms with E-state index in [1.165, 1.54) is 17.9 Å². The molecule has 0 amide bonds. The summed E-state index contributed by atoms with van der Waals surface area (Å²) in [6, 6.07) is 6.88. The van der Waals surface area contributed by atoms with Gasteiger partial charge in [0.1, 0.15) is 12.4 Å². The summed E-state index contributed by atoms with van der Waals surface area (Å²) in [5, 5.41) is 18.0. The zero-order chi connectivity index (χ0) is 13.5. The van der Waals surface area contributed by atoms with Crippen LogP contribution in [0.25, 0.3) is 0 Å². The normalized spacial score (nSPS) is 16.9. The van der Waals surface area contributed by atoms with Gasteiger partial charge in [-0.3, -0.25) is 4.90 Å². The Morgan fingerprint density at radius 3 is 2.68 bits per heavy atom. The number of thioether (sulfide) groups is 1. The van der Waals surface area contributed by atoms with Crippen LogP contribution >= 0.6 is 11.8 Å². The lowest BCUT2D eigenvalue weighted by molar-refractivity contribution is 0.219. The van der Waals surface area contributed by atoms with E-state index in [4.69, 9.17) is 14.8 Å². The molecule has 1 aromatic rings. The molecule has 0 atom stereocenters. The topological polar surface area (TPSA) is 52.9 Å². The molecule has 0 bridgehead atoms. The molecule has 1 heterocycles. The molecule has 1 saturated heterocycles. The average molecular weight is 281 g/mol. The summed E-state index contributed by atoms with van der Waals surface area (Å²) >= 11 is 2.02. The van der Waals surface area contributed by atoms with Gasteiger partial charge in [-0.25, -0.2) is 0 Å². The van der Waals surface area contributed by atoms with Crippen LogP contribution in [-0.4, -0.2) is 59.8 Å². The van der Waals surface area contributed by atoms with Crippen LogP contribution in [0.2, 0.25) is 0 Å². The third-order valence-corrected chi connectivity index (χ3v) is 4.22. The van der Waals surface area contributed by atoms with E-state index >= 15 is 0 Å². The summed E-state index contributed by atoms with van der Waals surface area (Å²) in [7, 11) is -1.41. The zero-order valence-corrected chi connectivity index (χ0v) is 11.8. The van der Waals surface area contributed by atoms with Gasteiger partial charge in [-0.05, 0) is 36.3 Å². The number of rotatable bonds is 5. The van der Waals surface area contributed by atoms with E-state index in [1.54, 1.807) is 24.3 Å². The van der Waals surface area contributed by atoms with Crippen molar-refractivity contribution in [1.29, 1.82) is 0 Å². The van der Waals surface area contributed by atoms with E-state index < -0.39 is 7.12 Å². The number of hydrogen-bond acceptors (Lipinski definition) is 5. The van der Waals surface area contributed by atoms with E-state index in [9.17, 15) is 0 Å². The number of hydrogen-bond donors (Lipinski definition) is 2. The maximum Gasteiger partial charge on any atom is 0.488 e. The summed E-state index contributed by atoms with van der Waals surface area (Å²) in [6.45, 7) is 3.92. The Morgan fingerprint density at radius 2 is 1.95 bits per heavy atom. The Balaban J connectivity index is 1.72. The highest BCUT2D eigenvalue weighted by atomic mass is 32.2. The fraction of sp³-hybridized carbons (Fsp3) is 0.538. The van der Waals surface area contributed by atoms with E-state index in [0.29, 0.717) is 12.1 Å². The van der Waals surface area contributed by atoms with E-state index in [1.807, 2.05) is 11.8 Å². The Bertz CT molecular complexity index is 367. The van der Waals surface area contributed by atoms with Gasteiger partial charge in [0.2, 0.25) is 0 Å². The molecule has 1 aliphatic heterocycles. The van der Waals surface area contributed by atoms with Crippen molar-refractivity contribution in [3.63, 3.8) is 0 Å². The number of ether oxygens (including phenoxy) is 1. The molecule has 19 heavy (non-hydrogen) atoms. The standard InChI is InChI=1S/C13H20BNO3S/c16-14(17)12-2-4-13(5-3-12)18-9-7-15-6-1-10-19-11-8-15/h2-5,16-17H,1,6-11H2. The summed E-state index contributed by atoms with van der Waals surface area (Å²) in [5.41, 5.74) is 0.483. The molecule has 1 fully saturated rings. The van der Waals surface area contributed by atoms with Crippen LogP contribution in [-0.2, 0) is 0 Å². The molecule has 0 radical (unpaired) electrons. The van der Waals surface area contributed by atoms with Crippen molar-refractivity contribution in [2.24, 2.45) is 0 Å². The predicted molar refractivity (Wildman–Crippen MR) is 80.1 cm³/mol. The lowest BCUT2D eigenvalue weighted by Crippen LogP contribution is -2.31. The summed E-state index contributed by atoms with van der Waals surface area (Å²) in [6.07, 6.45) is 1.26. The van der Waals surface area contributed by atoms with Crippen molar-refractivity contribution in [1.82, 2.24) is 4.90 Å². The van der Waals surface area contributed by atoms with Crippen LogP contribution < -0.4 is 10.2 Å². The SMILES string of the molecule is OB(O)c1ccc(OCCN2CCCSCC2)cc1. The lowest BCUT2D eigenvalue weighted by atomic mass is 9.80. The van der Waals surface area contributed by atoms with Crippen molar-refractivity contribution >= 4 is 24.3 Å². The minimum absolute atomic E-state index is 0.483. The Labute approximate surface area is 118 Å². The molecule has 4 nitrogen and oxygen atoms in total. The fourth-order valence-electron chi connectivity index (χ4n) is 2.05. The first-order valence-electron chi connectivity index (χ1n) is 6.65. The van der Waals surface area contributed by atoms with Gasteiger partial charge in [0.25, 0.3) is 0 Å². The van der Waals surface area contributed by atoms with Gasteiger partial charge in [-0.15, -0.1) is 0 Å². The Hall–Kier alpha value is -0.685. The summed E-state index contributed by atoms with van der Waals surface area (Å²) in [5.74, 6) is 3.25. The summed E-state index contributed by atoms with van der Waals surface area (Å²) in [4.78, 5) is 2.44. The van der Waals surface area contributed by atoms with Gasteiger partial charge in [-0.1, -0.05) is 12.1 Å². The largest absolute Gasteiger partial charge is 0.492 e. The quantitative estimate of drug-likeness (QED) is 0.754. The predicted octanol–water partition coefficient (Wildman–Crippen LogP) is 0.184. The van der Waals surface area contributed by atoms with Crippen LogP contribution in [0, 0.1) is 0 Å². The van der Waals surface area contributed by atoms with Gasteiger partial charge in [0.05, 0.1) is 0 Å². The van der Waals surface area contributed by atoms with Crippen LogP contribution in [0.5, 0.6) is 5.75 Å². The van der Waals surface area contributed by atoms with Gasteiger partial charge >= 0.3 is 7.12 Å². The van der Waals surface area contributed by atoms with Crippen molar-refractivity contribution in [2.75, 3.05) is 37.7 Å². The average Bonchev–Trinajstić information content (AvgIpc) is 2.68. The van der Waals surface area contributed by atoms with Crippen LogP contribution in [0.1, 0.15) is 6.42 Å². The van der Waals surface area contributed by atoms with Crippen LogP contribution in [0.4, 0.5) is 0 Å². The first-order valence-corrected chi connectivity index (χ1v) is 7.80. The molecule has 0 aromatic heterocycles. The molecule has 2 rings (SSSR count). The molecular formula is C13H20BNO3S. The highest BCUT2D eigenvalue weighted by Crippen LogP contribution is 2.11. The Kier molecular flexibility index (Phi) is 6.04. The van der Waals surface area contributed by atoms with Gasteiger partial charge in [-0.2, -0.15) is 11.8 Å². The van der Waals surface area contributed by atoms with E-state index in [-0.39, 0.29) is 0 Å². The Morgan fingerprint density at radius 1 is 1.16 bits per heavy atom. The second-order valence-corrected chi connectivity index (χ2v) is 5.82. The smallest absolute Gasteiger partial charge is 0.488 e. The highest BCUT2D eigenvalue weighted by molar-refractivity contribution is 7.99. The molecule has 104 valence electrons. The molecule has 0 spiro atoms. The van der Waals surface area contributed by atoms with Crippen molar-refractivity contribution < 1.29 is 14.8 Å². The summed E-state index contributed by atoms with van der Waals surface area (Å²) < 4.78 is 5.67. The molecule has 1 aromatic carbocycles. The zero-order valence-electron chi connectivity index (χ0n) is 11.0. The monoisotopic (exact) mass is 281 g/mol. The molecule has 6 heteroatoms. The van der Waals surface area contributed by atoms with E-state index in [0.717, 1.165) is 25.4 Å². The molecule has 2 N–H and O–H groups in total. The van der Waals surface area contributed by atoms with Crippen molar-refractivity contribution in [3.8, 4) is 5.75 Å². The van der Waals surface area contributed by atoms with Gasteiger partial charge < -0.3 is 14.8 Å². The van der Waals surface area contributed by atoms with Gasteiger partial charge in [0.15, 0.2) is 0 Å². The molecule has 0 aliphatic carbocycles. The molecule has 0 unspecified atom stereocenters. The maximum absolute atomic E-state index is 8.99. The van der Waals surface area contributed by atoms with Gasteiger partial charge in [0, 0.05) is 18.8 Å². The molecule has 1 aliphatic rings. The van der Waals surface area contributed by atoms with Crippen LogP contribution in [0.15, 0.2) is 24.3 Å². The van der Waals surface area contributed by atoms with Crippen molar-refractivity contribution in [2.45, 2.75) is 6.42 Å². The second kappa shape index (κ2) is 7.80. The number of benzene rings is 1. The van der Waals surface area contributed by atoms with E-state index in [2.05, 4.69) is 4.90 Å².